The maximum atomic E-state index is 5.42. The van der Waals surface area contributed by atoms with Crippen molar-refractivity contribution in [3.05, 3.63) is 36.2 Å². The maximum absolute atomic E-state index is 5.42. The highest BCUT2D eigenvalue weighted by molar-refractivity contribution is 5.94. The lowest BCUT2D eigenvalue weighted by atomic mass is 10.0. The molecular weight excluding hydrogens is 382 g/mol. The molecule has 1 heterocycles. The summed E-state index contributed by atoms with van der Waals surface area (Å²) in [5, 5.41) is 3.98. The molecule has 0 saturated heterocycles. The number of benzene rings is 2. The second kappa shape index (κ2) is 11.2. The fourth-order valence-corrected chi connectivity index (χ4v) is 3.03. The number of rotatable bonds is 7. The Morgan fingerprint density at radius 3 is 1.83 bits per heavy atom. The van der Waals surface area contributed by atoms with Crippen LogP contribution in [0.2, 0.25) is 0 Å². The SMILES string of the molecule is CCNCC.COc1ccc(-c2nc(C)nc3cc(OC)c(OC)cc23)cc1OC. The summed E-state index contributed by atoms with van der Waals surface area (Å²) in [5.74, 6) is 3.24. The average molecular weight is 414 g/mol. The van der Waals surface area contributed by atoms with Gasteiger partial charge in [0.2, 0.25) is 0 Å². The summed E-state index contributed by atoms with van der Waals surface area (Å²) in [6, 6.07) is 9.45. The van der Waals surface area contributed by atoms with Gasteiger partial charge in [0.05, 0.1) is 39.6 Å². The van der Waals surface area contributed by atoms with Gasteiger partial charge in [-0.2, -0.15) is 0 Å². The van der Waals surface area contributed by atoms with Crippen LogP contribution < -0.4 is 24.3 Å². The number of hydrogen-bond acceptors (Lipinski definition) is 7. The molecule has 0 spiro atoms. The van der Waals surface area contributed by atoms with Crippen LogP contribution in [0.15, 0.2) is 30.3 Å². The van der Waals surface area contributed by atoms with E-state index in [0.717, 1.165) is 35.2 Å². The monoisotopic (exact) mass is 413 g/mol. The minimum atomic E-state index is 0.629. The summed E-state index contributed by atoms with van der Waals surface area (Å²) >= 11 is 0. The molecule has 162 valence electrons. The Labute approximate surface area is 178 Å². The molecule has 0 bridgehead atoms. The van der Waals surface area contributed by atoms with Gasteiger partial charge >= 0.3 is 0 Å². The van der Waals surface area contributed by atoms with Crippen molar-refractivity contribution in [1.82, 2.24) is 15.3 Å². The van der Waals surface area contributed by atoms with E-state index < -0.39 is 0 Å². The maximum Gasteiger partial charge on any atom is 0.162 e. The van der Waals surface area contributed by atoms with Gasteiger partial charge in [0.15, 0.2) is 23.0 Å². The first kappa shape index (κ1) is 23.2. The van der Waals surface area contributed by atoms with Crippen LogP contribution in [0.3, 0.4) is 0 Å². The summed E-state index contributed by atoms with van der Waals surface area (Å²) in [7, 11) is 6.43. The average Bonchev–Trinajstić information content (AvgIpc) is 2.78. The van der Waals surface area contributed by atoms with Crippen molar-refractivity contribution < 1.29 is 18.9 Å². The fourth-order valence-electron chi connectivity index (χ4n) is 3.03. The first-order valence-electron chi connectivity index (χ1n) is 9.86. The summed E-state index contributed by atoms with van der Waals surface area (Å²) in [6.07, 6.45) is 0. The second-order valence-electron chi connectivity index (χ2n) is 6.37. The third-order valence-corrected chi connectivity index (χ3v) is 4.47. The number of methoxy groups -OCH3 is 4. The zero-order chi connectivity index (χ0) is 22.1. The molecule has 0 atom stereocenters. The third kappa shape index (κ3) is 5.30. The lowest BCUT2D eigenvalue weighted by molar-refractivity contribution is 0.355. The normalized spacial score (nSPS) is 10.2. The number of ether oxygens (including phenoxy) is 4. The van der Waals surface area contributed by atoms with Gasteiger partial charge < -0.3 is 24.3 Å². The van der Waals surface area contributed by atoms with Gasteiger partial charge in [0.25, 0.3) is 0 Å². The standard InChI is InChI=1S/C19H20N2O4.C4H11N/c1-11-20-14-10-18(25-5)17(24-4)9-13(14)19(21-11)12-6-7-15(22-2)16(8-12)23-3;1-3-5-4-2/h6-10H,1-5H3;5H,3-4H2,1-2H3. The Hall–Kier alpha value is -3.06. The number of aromatic nitrogens is 2. The molecule has 2 aromatic carbocycles. The Kier molecular flexibility index (Phi) is 8.68. The number of fused-ring (bicyclic) bond motifs is 1. The van der Waals surface area contributed by atoms with Crippen LogP contribution in [0, 0.1) is 6.92 Å². The van der Waals surface area contributed by atoms with E-state index in [1.54, 1.807) is 28.4 Å². The van der Waals surface area contributed by atoms with Crippen LogP contribution in [0.25, 0.3) is 22.2 Å². The first-order valence-corrected chi connectivity index (χ1v) is 9.86. The largest absolute Gasteiger partial charge is 0.493 e. The Balaban J connectivity index is 0.000000575. The van der Waals surface area contributed by atoms with Gasteiger partial charge in [-0.3, -0.25) is 0 Å². The molecule has 0 radical (unpaired) electrons. The minimum absolute atomic E-state index is 0.629. The first-order chi connectivity index (χ1) is 14.5. The number of nitrogens with zero attached hydrogens (tertiary/aromatic N) is 2. The van der Waals surface area contributed by atoms with Gasteiger partial charge in [-0.05, 0) is 44.3 Å². The van der Waals surface area contributed by atoms with Gasteiger partial charge in [0.1, 0.15) is 5.82 Å². The summed E-state index contributed by atoms with van der Waals surface area (Å²) in [4.78, 5) is 9.15. The van der Waals surface area contributed by atoms with Gasteiger partial charge in [-0.1, -0.05) is 13.8 Å². The highest BCUT2D eigenvalue weighted by Gasteiger charge is 2.15. The molecule has 7 nitrogen and oxygen atoms in total. The van der Waals surface area contributed by atoms with E-state index in [1.165, 1.54) is 0 Å². The van der Waals surface area contributed by atoms with Crippen LogP contribution in [0.4, 0.5) is 0 Å². The summed E-state index contributed by atoms with van der Waals surface area (Å²) in [6.45, 7) is 8.25. The van der Waals surface area contributed by atoms with Crippen molar-refractivity contribution in [3.8, 4) is 34.3 Å². The van der Waals surface area contributed by atoms with Crippen LogP contribution >= 0.6 is 0 Å². The molecule has 1 N–H and O–H groups in total. The van der Waals surface area contributed by atoms with Crippen LogP contribution in [0.5, 0.6) is 23.0 Å². The van der Waals surface area contributed by atoms with E-state index in [1.807, 2.05) is 37.3 Å². The van der Waals surface area contributed by atoms with Crippen molar-refractivity contribution in [3.63, 3.8) is 0 Å². The highest BCUT2D eigenvalue weighted by atomic mass is 16.5. The van der Waals surface area contributed by atoms with E-state index in [2.05, 4.69) is 29.1 Å². The van der Waals surface area contributed by atoms with E-state index in [-0.39, 0.29) is 0 Å². The highest BCUT2D eigenvalue weighted by Crippen LogP contribution is 2.38. The predicted octanol–water partition coefficient (Wildman–Crippen LogP) is 4.26. The molecule has 0 fully saturated rings. The lowest BCUT2D eigenvalue weighted by Crippen LogP contribution is -2.09. The van der Waals surface area contributed by atoms with Gasteiger partial charge in [0, 0.05) is 17.0 Å². The summed E-state index contributed by atoms with van der Waals surface area (Å²) in [5.41, 5.74) is 2.49. The van der Waals surface area contributed by atoms with Crippen LogP contribution in [-0.4, -0.2) is 51.5 Å². The summed E-state index contributed by atoms with van der Waals surface area (Å²) < 4.78 is 21.5. The van der Waals surface area contributed by atoms with E-state index in [9.17, 15) is 0 Å². The van der Waals surface area contributed by atoms with E-state index in [0.29, 0.717) is 28.8 Å². The topological polar surface area (TPSA) is 74.7 Å². The van der Waals surface area contributed by atoms with Gasteiger partial charge in [-0.25, -0.2) is 9.97 Å². The Morgan fingerprint density at radius 2 is 1.30 bits per heavy atom. The number of nitrogens with one attached hydrogen (secondary N) is 1. The van der Waals surface area contributed by atoms with Crippen molar-refractivity contribution in [1.29, 1.82) is 0 Å². The Bertz CT molecular complexity index is 974. The van der Waals surface area contributed by atoms with Crippen LogP contribution in [-0.2, 0) is 0 Å². The van der Waals surface area contributed by atoms with Gasteiger partial charge in [-0.15, -0.1) is 0 Å². The molecule has 0 aliphatic rings. The van der Waals surface area contributed by atoms with Crippen molar-refractivity contribution in [2.24, 2.45) is 0 Å². The molecule has 7 heteroatoms. The zero-order valence-electron chi connectivity index (χ0n) is 18.8. The third-order valence-electron chi connectivity index (χ3n) is 4.47. The zero-order valence-corrected chi connectivity index (χ0v) is 18.8. The lowest BCUT2D eigenvalue weighted by Gasteiger charge is -2.13. The molecular formula is C23H31N3O4. The van der Waals surface area contributed by atoms with Crippen molar-refractivity contribution in [2.45, 2.75) is 20.8 Å². The van der Waals surface area contributed by atoms with E-state index in [4.69, 9.17) is 18.9 Å². The second-order valence-corrected chi connectivity index (χ2v) is 6.37. The minimum Gasteiger partial charge on any atom is -0.493 e. The van der Waals surface area contributed by atoms with E-state index >= 15 is 0 Å². The Morgan fingerprint density at radius 1 is 0.733 bits per heavy atom. The predicted molar refractivity (Wildman–Crippen MR) is 120 cm³/mol. The molecule has 0 aliphatic heterocycles. The number of aryl methyl sites for hydroxylation is 1. The number of hydrogen-bond donors (Lipinski definition) is 1. The molecule has 3 aromatic rings. The fraction of sp³-hybridized carbons (Fsp3) is 0.391. The van der Waals surface area contributed by atoms with Crippen molar-refractivity contribution >= 4 is 10.9 Å². The smallest absolute Gasteiger partial charge is 0.162 e. The van der Waals surface area contributed by atoms with Crippen LogP contribution in [0.1, 0.15) is 19.7 Å². The molecule has 0 aliphatic carbocycles. The molecule has 3 rings (SSSR count). The van der Waals surface area contributed by atoms with Crippen molar-refractivity contribution in [2.75, 3.05) is 41.5 Å². The molecule has 30 heavy (non-hydrogen) atoms. The molecule has 0 saturated carbocycles. The molecule has 0 amide bonds. The molecule has 0 unspecified atom stereocenters. The quantitative estimate of drug-likeness (QED) is 0.620. The molecule has 1 aromatic heterocycles.